The lowest BCUT2D eigenvalue weighted by atomic mass is 10.1. The quantitative estimate of drug-likeness (QED) is 0.347. The third kappa shape index (κ3) is 7.10. The highest BCUT2D eigenvalue weighted by molar-refractivity contribution is 5.81. The van der Waals surface area contributed by atoms with Crippen molar-refractivity contribution in [1.82, 2.24) is 4.90 Å². The molecule has 1 unspecified atom stereocenters. The van der Waals surface area contributed by atoms with Crippen molar-refractivity contribution in [2.45, 2.75) is 78.6 Å². The van der Waals surface area contributed by atoms with Gasteiger partial charge in [0.1, 0.15) is 0 Å². The maximum atomic E-state index is 12.4. The van der Waals surface area contributed by atoms with Crippen LogP contribution in [0.3, 0.4) is 0 Å². The van der Waals surface area contributed by atoms with Crippen LogP contribution in [0.5, 0.6) is 0 Å². The fourth-order valence-corrected chi connectivity index (χ4v) is 3.51. The topological polar surface area (TPSA) is 20.3 Å². The fraction of sp³-hybridized carbons (Fsp3) is 0.857. The summed E-state index contributed by atoms with van der Waals surface area (Å²) >= 11 is 0. The fourth-order valence-electron chi connectivity index (χ4n) is 3.51. The van der Waals surface area contributed by atoms with E-state index in [-0.39, 0.29) is 0 Å². The molecule has 0 bridgehead atoms. The van der Waals surface area contributed by atoms with E-state index >= 15 is 0 Å². The van der Waals surface area contributed by atoms with Crippen molar-refractivity contribution in [1.29, 1.82) is 0 Å². The Hall–Kier alpha value is -0.790. The molecule has 0 saturated heterocycles. The smallest absolute Gasteiger partial charge is 0.225 e. The van der Waals surface area contributed by atoms with Crippen LogP contribution in [0.4, 0.5) is 0 Å². The molecule has 2 saturated carbocycles. The van der Waals surface area contributed by atoms with E-state index in [9.17, 15) is 4.79 Å². The predicted octanol–water partition coefficient (Wildman–Crippen LogP) is 5.43. The van der Waals surface area contributed by atoms with E-state index in [0.717, 1.165) is 37.8 Å². The Labute approximate surface area is 143 Å². The van der Waals surface area contributed by atoms with Gasteiger partial charge < -0.3 is 4.90 Å². The largest absolute Gasteiger partial charge is 0.342 e. The monoisotopic (exact) mass is 319 g/mol. The zero-order chi connectivity index (χ0) is 16.7. The van der Waals surface area contributed by atoms with Gasteiger partial charge in [0.15, 0.2) is 0 Å². The van der Waals surface area contributed by atoms with Crippen molar-refractivity contribution in [2.24, 2.45) is 23.7 Å². The Morgan fingerprint density at radius 2 is 1.87 bits per heavy atom. The number of hydrogen-bond acceptors (Lipinski definition) is 1. The Balaban J connectivity index is 1.61. The zero-order valence-corrected chi connectivity index (χ0v) is 15.6. The summed E-state index contributed by atoms with van der Waals surface area (Å²) in [6.07, 6.45) is 16.2. The van der Waals surface area contributed by atoms with E-state index < -0.39 is 0 Å². The second-order valence-electron chi connectivity index (χ2n) is 8.21. The summed E-state index contributed by atoms with van der Waals surface area (Å²) < 4.78 is 0. The third-order valence-corrected chi connectivity index (χ3v) is 5.19. The summed E-state index contributed by atoms with van der Waals surface area (Å²) in [5, 5.41) is 0. The highest BCUT2D eigenvalue weighted by atomic mass is 16.2. The molecule has 0 spiro atoms. The first kappa shape index (κ1) is 18.5. The molecule has 2 heteroatoms. The molecule has 2 aliphatic carbocycles. The van der Waals surface area contributed by atoms with Crippen LogP contribution in [0.25, 0.3) is 0 Å². The number of unbranched alkanes of at least 4 members (excludes halogenated alkanes) is 3. The SMILES string of the molecule is CCCCC/C=C\CCC1C[C@@H]1CN(CC(C)C)C(=O)C1CC1. The Bertz CT molecular complexity index is 383. The number of amides is 1. The number of carbonyl (C=O) groups is 1. The third-order valence-electron chi connectivity index (χ3n) is 5.19. The molecule has 0 N–H and O–H groups in total. The van der Waals surface area contributed by atoms with Gasteiger partial charge in [0.2, 0.25) is 5.91 Å². The maximum Gasteiger partial charge on any atom is 0.225 e. The van der Waals surface area contributed by atoms with Crippen LogP contribution in [0.15, 0.2) is 12.2 Å². The van der Waals surface area contributed by atoms with E-state index in [1.165, 1.54) is 44.9 Å². The molecule has 1 amide bonds. The first-order valence-electron chi connectivity index (χ1n) is 10.1. The van der Waals surface area contributed by atoms with E-state index in [1.54, 1.807) is 0 Å². The van der Waals surface area contributed by atoms with Crippen molar-refractivity contribution in [2.75, 3.05) is 13.1 Å². The van der Waals surface area contributed by atoms with Crippen molar-refractivity contribution in [3.8, 4) is 0 Å². The van der Waals surface area contributed by atoms with Gasteiger partial charge >= 0.3 is 0 Å². The highest BCUT2D eigenvalue weighted by Gasteiger charge is 2.40. The summed E-state index contributed by atoms with van der Waals surface area (Å²) in [5.41, 5.74) is 0. The van der Waals surface area contributed by atoms with Crippen LogP contribution >= 0.6 is 0 Å². The molecule has 0 aliphatic heterocycles. The Kier molecular flexibility index (Phi) is 7.65. The molecule has 2 atom stereocenters. The van der Waals surface area contributed by atoms with Crippen LogP contribution in [-0.2, 0) is 4.79 Å². The van der Waals surface area contributed by atoms with E-state index in [0.29, 0.717) is 17.7 Å². The van der Waals surface area contributed by atoms with Crippen LogP contribution < -0.4 is 0 Å². The Morgan fingerprint density at radius 3 is 2.52 bits per heavy atom. The van der Waals surface area contributed by atoms with Gasteiger partial charge in [-0.15, -0.1) is 0 Å². The normalized spacial score (nSPS) is 23.7. The van der Waals surface area contributed by atoms with E-state index in [1.807, 2.05) is 0 Å². The minimum Gasteiger partial charge on any atom is -0.342 e. The van der Waals surface area contributed by atoms with Gasteiger partial charge in [-0.1, -0.05) is 45.8 Å². The van der Waals surface area contributed by atoms with Gasteiger partial charge in [0.25, 0.3) is 0 Å². The summed E-state index contributed by atoms with van der Waals surface area (Å²) in [5.74, 6) is 3.06. The van der Waals surface area contributed by atoms with Gasteiger partial charge in [0.05, 0.1) is 0 Å². The summed E-state index contributed by atoms with van der Waals surface area (Å²) in [7, 11) is 0. The lowest BCUT2D eigenvalue weighted by molar-refractivity contribution is -0.133. The van der Waals surface area contributed by atoms with Gasteiger partial charge in [0, 0.05) is 19.0 Å². The number of allylic oxidation sites excluding steroid dienone is 2. The summed E-state index contributed by atoms with van der Waals surface area (Å²) in [4.78, 5) is 14.6. The van der Waals surface area contributed by atoms with Crippen LogP contribution in [0.1, 0.15) is 78.6 Å². The molecule has 23 heavy (non-hydrogen) atoms. The molecule has 132 valence electrons. The second-order valence-corrected chi connectivity index (χ2v) is 8.21. The molecule has 0 aromatic rings. The van der Waals surface area contributed by atoms with E-state index in [4.69, 9.17) is 0 Å². The van der Waals surface area contributed by atoms with Gasteiger partial charge in [-0.2, -0.15) is 0 Å². The molecule has 0 radical (unpaired) electrons. The number of nitrogens with zero attached hydrogens (tertiary/aromatic N) is 1. The highest BCUT2D eigenvalue weighted by Crippen LogP contribution is 2.43. The lowest BCUT2D eigenvalue weighted by Gasteiger charge is -2.25. The van der Waals surface area contributed by atoms with Crippen LogP contribution in [0.2, 0.25) is 0 Å². The first-order valence-corrected chi connectivity index (χ1v) is 10.1. The molecule has 0 aromatic heterocycles. The first-order chi connectivity index (χ1) is 11.1. The summed E-state index contributed by atoms with van der Waals surface area (Å²) in [6.45, 7) is 8.68. The predicted molar refractivity (Wildman–Crippen MR) is 98.3 cm³/mol. The molecular formula is C21H37NO. The number of rotatable bonds is 12. The zero-order valence-electron chi connectivity index (χ0n) is 15.6. The molecule has 2 rings (SSSR count). The van der Waals surface area contributed by atoms with Crippen LogP contribution in [0, 0.1) is 23.7 Å². The number of carbonyl (C=O) groups excluding carboxylic acids is 1. The lowest BCUT2D eigenvalue weighted by Crippen LogP contribution is -2.37. The maximum absolute atomic E-state index is 12.4. The van der Waals surface area contributed by atoms with Crippen molar-refractivity contribution >= 4 is 5.91 Å². The van der Waals surface area contributed by atoms with Crippen molar-refractivity contribution in [3.05, 3.63) is 12.2 Å². The molecule has 0 heterocycles. The molecular weight excluding hydrogens is 282 g/mol. The average molecular weight is 320 g/mol. The molecule has 0 aromatic carbocycles. The second kappa shape index (κ2) is 9.49. The van der Waals surface area contributed by atoms with Crippen LogP contribution in [-0.4, -0.2) is 23.9 Å². The average Bonchev–Trinajstić information content (AvgIpc) is 3.40. The minimum absolute atomic E-state index is 0.372. The van der Waals surface area contributed by atoms with Crippen molar-refractivity contribution in [3.63, 3.8) is 0 Å². The summed E-state index contributed by atoms with van der Waals surface area (Å²) in [6, 6.07) is 0. The molecule has 2 fully saturated rings. The number of hydrogen-bond donors (Lipinski definition) is 0. The molecule has 2 aliphatic rings. The van der Waals surface area contributed by atoms with Crippen molar-refractivity contribution < 1.29 is 4.79 Å². The molecule has 2 nitrogen and oxygen atoms in total. The minimum atomic E-state index is 0.372. The standard InChI is InChI=1S/C21H37NO/c1-4-5-6-7-8-9-10-11-19-14-20(19)16-22(15-17(2)3)21(23)18-12-13-18/h8-9,17-20H,4-7,10-16H2,1-3H3/b9-8-/t19?,20-/m1/s1. The van der Waals surface area contributed by atoms with Gasteiger partial charge in [-0.3, -0.25) is 4.79 Å². The van der Waals surface area contributed by atoms with Gasteiger partial charge in [-0.25, -0.2) is 0 Å². The van der Waals surface area contributed by atoms with E-state index in [2.05, 4.69) is 37.8 Å². The Morgan fingerprint density at radius 1 is 1.13 bits per heavy atom. The van der Waals surface area contributed by atoms with Gasteiger partial charge in [-0.05, 0) is 62.7 Å².